The Morgan fingerprint density at radius 1 is 1.29 bits per heavy atom. The third-order valence-corrected chi connectivity index (χ3v) is 4.33. The summed E-state index contributed by atoms with van der Waals surface area (Å²) in [6.45, 7) is 8.62. The van der Waals surface area contributed by atoms with Crippen LogP contribution in [0.15, 0.2) is 0 Å². The van der Waals surface area contributed by atoms with Crippen molar-refractivity contribution in [3.63, 3.8) is 0 Å². The van der Waals surface area contributed by atoms with E-state index in [1.165, 1.54) is 0 Å². The molecule has 2 heterocycles. The predicted molar refractivity (Wildman–Crippen MR) is 65.4 cm³/mol. The molecule has 2 saturated heterocycles. The lowest BCUT2D eigenvalue weighted by Crippen LogP contribution is -2.64. The van der Waals surface area contributed by atoms with Crippen molar-refractivity contribution in [2.45, 2.75) is 51.6 Å². The van der Waals surface area contributed by atoms with Crippen molar-refractivity contribution < 1.29 is 8.78 Å². The predicted octanol–water partition coefficient (Wildman–Crippen LogP) is 2.45. The molecule has 0 bridgehead atoms. The molecule has 0 aromatic rings. The van der Waals surface area contributed by atoms with Crippen LogP contribution in [0, 0.1) is 5.92 Å². The first kappa shape index (κ1) is 13.2. The lowest BCUT2D eigenvalue weighted by Gasteiger charge is -2.50. The van der Waals surface area contributed by atoms with Crippen LogP contribution in [0.1, 0.15) is 33.6 Å². The Morgan fingerprint density at radius 2 is 1.94 bits per heavy atom. The summed E-state index contributed by atoms with van der Waals surface area (Å²) in [5, 5.41) is 0. The molecular weight excluding hydrogens is 222 g/mol. The molecule has 1 unspecified atom stereocenters. The lowest BCUT2D eigenvalue weighted by atomic mass is 9.89. The maximum absolute atomic E-state index is 14.1. The Morgan fingerprint density at radius 3 is 2.41 bits per heavy atom. The Labute approximate surface area is 103 Å². The molecule has 2 nitrogen and oxygen atoms in total. The summed E-state index contributed by atoms with van der Waals surface area (Å²) in [6.07, 6.45) is 1.73. The van der Waals surface area contributed by atoms with E-state index in [1.54, 1.807) is 0 Å². The van der Waals surface area contributed by atoms with E-state index in [0.29, 0.717) is 12.3 Å². The largest absolute Gasteiger partial charge is 0.295 e. The molecule has 4 heteroatoms. The summed E-state index contributed by atoms with van der Waals surface area (Å²) in [7, 11) is 0. The van der Waals surface area contributed by atoms with Gasteiger partial charge in [0.05, 0.1) is 12.6 Å². The monoisotopic (exact) mass is 246 g/mol. The molecule has 0 radical (unpaired) electrons. The van der Waals surface area contributed by atoms with Crippen LogP contribution >= 0.6 is 0 Å². The molecule has 1 atom stereocenters. The van der Waals surface area contributed by atoms with Crippen LogP contribution in [-0.2, 0) is 0 Å². The normalized spacial score (nSPS) is 31.8. The molecule has 0 N–H and O–H groups in total. The van der Waals surface area contributed by atoms with Crippen molar-refractivity contribution in [2.24, 2.45) is 5.92 Å². The second kappa shape index (κ2) is 4.81. The van der Waals surface area contributed by atoms with Gasteiger partial charge in [-0.05, 0) is 26.2 Å². The van der Waals surface area contributed by atoms with E-state index in [9.17, 15) is 8.78 Å². The summed E-state index contributed by atoms with van der Waals surface area (Å²) in [4.78, 5) is 3.89. The molecular formula is C13H24F2N2. The molecule has 0 saturated carbocycles. The fourth-order valence-corrected chi connectivity index (χ4v) is 2.97. The van der Waals surface area contributed by atoms with Crippen molar-refractivity contribution in [1.29, 1.82) is 0 Å². The summed E-state index contributed by atoms with van der Waals surface area (Å²) in [5.41, 5.74) is 0. The number of likely N-dealkylation sites (tertiary alicyclic amines) is 2. The lowest BCUT2D eigenvalue weighted by molar-refractivity contribution is -0.153. The third-order valence-electron chi connectivity index (χ3n) is 4.33. The molecule has 0 aromatic carbocycles. The zero-order chi connectivity index (χ0) is 12.6. The number of hydrogen-bond donors (Lipinski definition) is 0. The number of halogens is 2. The molecule has 100 valence electrons. The van der Waals surface area contributed by atoms with E-state index in [0.717, 1.165) is 26.1 Å². The smallest absolute Gasteiger partial charge is 0.275 e. The summed E-state index contributed by atoms with van der Waals surface area (Å²) in [5.74, 6) is -1.89. The van der Waals surface area contributed by atoms with Crippen LogP contribution in [-0.4, -0.2) is 54.0 Å². The van der Waals surface area contributed by atoms with Gasteiger partial charge in [-0.25, -0.2) is 8.78 Å². The van der Waals surface area contributed by atoms with Crippen molar-refractivity contribution >= 4 is 0 Å². The van der Waals surface area contributed by atoms with E-state index in [2.05, 4.69) is 6.92 Å². The molecule has 2 fully saturated rings. The number of alkyl halides is 2. The highest BCUT2D eigenvalue weighted by molar-refractivity contribution is 4.97. The van der Waals surface area contributed by atoms with Crippen molar-refractivity contribution in [3.8, 4) is 0 Å². The quantitative estimate of drug-likeness (QED) is 0.754. The van der Waals surface area contributed by atoms with Gasteiger partial charge in [-0.1, -0.05) is 13.3 Å². The minimum absolute atomic E-state index is 0.0668. The first-order chi connectivity index (χ1) is 7.94. The van der Waals surface area contributed by atoms with Gasteiger partial charge in [0.1, 0.15) is 0 Å². The standard InChI is InChI=1S/C13H24F2N2/c1-4-11-7-17(8-11)12-5-6-16(10(2)3)9-13(12,14)15/h10-12H,4-9H2,1-3H3. The maximum Gasteiger partial charge on any atom is 0.275 e. The minimum Gasteiger partial charge on any atom is -0.295 e. The molecule has 2 rings (SSSR count). The Balaban J connectivity index is 1.92. The average Bonchev–Trinajstić information content (AvgIpc) is 2.17. The van der Waals surface area contributed by atoms with Gasteiger partial charge < -0.3 is 0 Å². The number of nitrogens with zero attached hydrogens (tertiary/aromatic N) is 2. The van der Waals surface area contributed by atoms with Gasteiger partial charge >= 0.3 is 0 Å². The number of rotatable bonds is 3. The van der Waals surface area contributed by atoms with E-state index in [1.807, 2.05) is 23.6 Å². The number of piperidine rings is 1. The van der Waals surface area contributed by atoms with E-state index < -0.39 is 12.0 Å². The van der Waals surface area contributed by atoms with Gasteiger partial charge in [-0.15, -0.1) is 0 Å². The average molecular weight is 246 g/mol. The Hall–Kier alpha value is -0.220. The molecule has 2 aliphatic heterocycles. The molecule has 0 aliphatic carbocycles. The van der Waals surface area contributed by atoms with Gasteiger partial charge in [0, 0.05) is 25.7 Å². The minimum atomic E-state index is -2.54. The maximum atomic E-state index is 14.1. The molecule has 2 aliphatic rings. The van der Waals surface area contributed by atoms with Gasteiger partial charge in [-0.2, -0.15) is 0 Å². The van der Waals surface area contributed by atoms with E-state index >= 15 is 0 Å². The van der Waals surface area contributed by atoms with Crippen molar-refractivity contribution in [3.05, 3.63) is 0 Å². The van der Waals surface area contributed by atoms with Gasteiger partial charge in [0.2, 0.25) is 0 Å². The van der Waals surface area contributed by atoms with Gasteiger partial charge in [0.15, 0.2) is 0 Å². The van der Waals surface area contributed by atoms with Crippen LogP contribution in [0.4, 0.5) is 8.78 Å². The highest BCUT2D eigenvalue weighted by Crippen LogP contribution is 2.36. The number of hydrogen-bond acceptors (Lipinski definition) is 2. The van der Waals surface area contributed by atoms with Crippen LogP contribution in [0.5, 0.6) is 0 Å². The zero-order valence-electron chi connectivity index (χ0n) is 11.1. The summed E-state index contributed by atoms with van der Waals surface area (Å²) >= 11 is 0. The molecule has 0 amide bonds. The zero-order valence-corrected chi connectivity index (χ0v) is 11.1. The SMILES string of the molecule is CCC1CN(C2CCN(C(C)C)CC2(F)F)C1. The first-order valence-corrected chi connectivity index (χ1v) is 6.80. The Kier molecular flexibility index (Phi) is 3.74. The fraction of sp³-hybridized carbons (Fsp3) is 1.00. The van der Waals surface area contributed by atoms with Crippen molar-refractivity contribution in [1.82, 2.24) is 9.80 Å². The second-order valence-electron chi connectivity index (χ2n) is 5.86. The van der Waals surface area contributed by atoms with Crippen molar-refractivity contribution in [2.75, 3.05) is 26.2 Å². The summed E-state index contributed by atoms with van der Waals surface area (Å²) < 4.78 is 28.2. The Bertz CT molecular complexity index is 262. The highest BCUT2D eigenvalue weighted by atomic mass is 19.3. The van der Waals surface area contributed by atoms with Crippen LogP contribution in [0.25, 0.3) is 0 Å². The highest BCUT2D eigenvalue weighted by Gasteiger charge is 2.50. The summed E-state index contributed by atoms with van der Waals surface area (Å²) in [6, 6.07) is -0.290. The topological polar surface area (TPSA) is 6.48 Å². The van der Waals surface area contributed by atoms with Crippen LogP contribution in [0.3, 0.4) is 0 Å². The fourth-order valence-electron chi connectivity index (χ4n) is 2.97. The van der Waals surface area contributed by atoms with Crippen LogP contribution in [0.2, 0.25) is 0 Å². The second-order valence-corrected chi connectivity index (χ2v) is 5.86. The molecule has 0 spiro atoms. The van der Waals surface area contributed by atoms with E-state index in [-0.39, 0.29) is 12.6 Å². The molecule has 17 heavy (non-hydrogen) atoms. The van der Waals surface area contributed by atoms with Gasteiger partial charge in [0.25, 0.3) is 5.92 Å². The third kappa shape index (κ3) is 2.63. The van der Waals surface area contributed by atoms with Gasteiger partial charge in [-0.3, -0.25) is 9.80 Å². The van der Waals surface area contributed by atoms with Crippen LogP contribution < -0.4 is 0 Å². The molecule has 0 aromatic heterocycles. The van der Waals surface area contributed by atoms with E-state index in [4.69, 9.17) is 0 Å². The first-order valence-electron chi connectivity index (χ1n) is 6.80.